The van der Waals surface area contributed by atoms with Crippen LogP contribution >= 0.6 is 61.1 Å². The van der Waals surface area contributed by atoms with Gasteiger partial charge in [0.05, 0.1) is 24.3 Å². The first-order valence-electron chi connectivity index (χ1n) is 10.7. The molecular formula is C26H22BrI2N3O2. The maximum atomic E-state index is 13.2. The van der Waals surface area contributed by atoms with Gasteiger partial charge in [0.15, 0.2) is 0 Å². The van der Waals surface area contributed by atoms with Crippen molar-refractivity contribution in [3.8, 4) is 5.75 Å². The van der Waals surface area contributed by atoms with E-state index in [2.05, 4.69) is 91.3 Å². The lowest BCUT2D eigenvalue weighted by atomic mass is 10.1. The number of aromatic nitrogens is 2. The standard InChI is InChI=1S/C26H22BrI2N3O2/c1-15(2)25-31-23-8-7-19(27)12-20(23)26(33)32(25)30-13-18-10-21(28)24(22(29)11-18)34-14-17-6-4-5-16(3)9-17/h4-13,15H,14H2,1-3H3. The highest BCUT2D eigenvalue weighted by atomic mass is 127. The lowest BCUT2D eigenvalue weighted by Crippen LogP contribution is -2.23. The number of benzene rings is 3. The van der Waals surface area contributed by atoms with Gasteiger partial charge in [-0.1, -0.05) is 59.6 Å². The van der Waals surface area contributed by atoms with Gasteiger partial charge in [-0.2, -0.15) is 9.78 Å². The van der Waals surface area contributed by atoms with E-state index in [9.17, 15) is 4.79 Å². The van der Waals surface area contributed by atoms with Crippen molar-refractivity contribution in [3.05, 3.63) is 99.1 Å². The number of hydrogen-bond donors (Lipinski definition) is 0. The molecule has 0 radical (unpaired) electrons. The third-order valence-electron chi connectivity index (χ3n) is 5.16. The Morgan fingerprint density at radius 1 is 1.12 bits per heavy atom. The molecule has 0 aliphatic heterocycles. The van der Waals surface area contributed by atoms with Crippen LogP contribution in [0.2, 0.25) is 0 Å². The van der Waals surface area contributed by atoms with Crippen LogP contribution in [0.5, 0.6) is 5.75 Å². The van der Waals surface area contributed by atoms with Crippen molar-refractivity contribution < 1.29 is 4.74 Å². The highest BCUT2D eigenvalue weighted by Gasteiger charge is 2.14. The molecule has 0 saturated heterocycles. The number of ether oxygens (including phenoxy) is 1. The van der Waals surface area contributed by atoms with E-state index < -0.39 is 0 Å². The SMILES string of the molecule is Cc1cccc(COc2c(I)cc(C=Nn3c(C(C)C)nc4ccc(Br)cc4c3=O)cc2I)c1. The summed E-state index contributed by atoms with van der Waals surface area (Å²) in [5.41, 5.74) is 3.71. The van der Waals surface area contributed by atoms with E-state index in [0.717, 1.165) is 28.5 Å². The Hall–Kier alpha value is -1.79. The summed E-state index contributed by atoms with van der Waals surface area (Å²) in [6, 6.07) is 17.8. The average molecular weight is 742 g/mol. The Kier molecular flexibility index (Phi) is 8.08. The highest BCUT2D eigenvalue weighted by Crippen LogP contribution is 2.29. The molecule has 0 bridgehead atoms. The van der Waals surface area contributed by atoms with Gasteiger partial charge in [0.25, 0.3) is 5.56 Å². The second-order valence-electron chi connectivity index (χ2n) is 8.24. The van der Waals surface area contributed by atoms with Crippen molar-refractivity contribution in [3.63, 3.8) is 0 Å². The predicted molar refractivity (Wildman–Crippen MR) is 158 cm³/mol. The molecule has 0 saturated carbocycles. The quantitative estimate of drug-likeness (QED) is 0.155. The lowest BCUT2D eigenvalue weighted by molar-refractivity contribution is 0.301. The van der Waals surface area contributed by atoms with E-state index in [0.29, 0.717) is 23.3 Å². The van der Waals surface area contributed by atoms with Crippen LogP contribution in [0, 0.1) is 14.1 Å². The van der Waals surface area contributed by atoms with Gasteiger partial charge in [0.2, 0.25) is 0 Å². The number of hydrogen-bond acceptors (Lipinski definition) is 4. The molecule has 4 rings (SSSR count). The van der Waals surface area contributed by atoms with E-state index in [-0.39, 0.29) is 11.5 Å². The van der Waals surface area contributed by atoms with Crippen LogP contribution in [-0.2, 0) is 6.61 Å². The van der Waals surface area contributed by atoms with Gasteiger partial charge < -0.3 is 4.74 Å². The van der Waals surface area contributed by atoms with Gasteiger partial charge in [-0.25, -0.2) is 4.98 Å². The summed E-state index contributed by atoms with van der Waals surface area (Å²) in [6.07, 6.45) is 1.70. The normalized spacial score (nSPS) is 11.6. The number of nitrogens with zero attached hydrogens (tertiary/aromatic N) is 3. The van der Waals surface area contributed by atoms with Crippen molar-refractivity contribution in [2.45, 2.75) is 33.3 Å². The minimum atomic E-state index is -0.186. The zero-order chi connectivity index (χ0) is 24.4. The van der Waals surface area contributed by atoms with Gasteiger partial charge in [0, 0.05) is 10.4 Å². The molecule has 1 heterocycles. The van der Waals surface area contributed by atoms with E-state index in [1.54, 1.807) is 12.3 Å². The molecule has 0 unspecified atom stereocenters. The topological polar surface area (TPSA) is 56.5 Å². The molecule has 34 heavy (non-hydrogen) atoms. The fraction of sp³-hybridized carbons (Fsp3) is 0.192. The molecule has 3 aromatic carbocycles. The van der Waals surface area contributed by atoms with Crippen LogP contribution in [0.1, 0.15) is 42.3 Å². The summed E-state index contributed by atoms with van der Waals surface area (Å²) in [5, 5.41) is 5.07. The third kappa shape index (κ3) is 5.71. The van der Waals surface area contributed by atoms with E-state index in [1.165, 1.54) is 10.2 Å². The fourth-order valence-electron chi connectivity index (χ4n) is 3.52. The van der Waals surface area contributed by atoms with Gasteiger partial charge in [-0.15, -0.1) is 0 Å². The maximum absolute atomic E-state index is 13.2. The Balaban J connectivity index is 1.66. The molecule has 8 heteroatoms. The molecular weight excluding hydrogens is 720 g/mol. The number of halogens is 3. The molecule has 0 aliphatic rings. The van der Waals surface area contributed by atoms with Crippen LogP contribution in [-0.4, -0.2) is 15.9 Å². The summed E-state index contributed by atoms with van der Waals surface area (Å²) >= 11 is 7.99. The summed E-state index contributed by atoms with van der Waals surface area (Å²) in [7, 11) is 0. The molecule has 0 fully saturated rings. The highest BCUT2D eigenvalue weighted by molar-refractivity contribution is 14.1. The largest absolute Gasteiger partial charge is 0.487 e. The van der Waals surface area contributed by atoms with Crippen molar-refractivity contribution in [1.82, 2.24) is 9.66 Å². The van der Waals surface area contributed by atoms with E-state index >= 15 is 0 Å². The van der Waals surface area contributed by atoms with Crippen molar-refractivity contribution in [1.29, 1.82) is 0 Å². The molecule has 1 aromatic heterocycles. The molecule has 4 aromatic rings. The predicted octanol–water partition coefficient (Wildman–Crippen LogP) is 7.26. The summed E-state index contributed by atoms with van der Waals surface area (Å²) in [4.78, 5) is 17.9. The minimum absolute atomic E-state index is 0.0376. The third-order valence-corrected chi connectivity index (χ3v) is 7.25. The lowest BCUT2D eigenvalue weighted by Gasteiger charge is -2.13. The van der Waals surface area contributed by atoms with Gasteiger partial charge in [-0.05, 0) is 93.6 Å². The molecule has 174 valence electrons. The fourth-order valence-corrected chi connectivity index (χ4v) is 6.01. The van der Waals surface area contributed by atoms with E-state index in [1.807, 2.05) is 44.2 Å². The van der Waals surface area contributed by atoms with Gasteiger partial charge >= 0.3 is 0 Å². The molecule has 0 N–H and O–H groups in total. The molecule has 0 atom stereocenters. The summed E-state index contributed by atoms with van der Waals surface area (Å²) in [5.74, 6) is 1.51. The van der Waals surface area contributed by atoms with Crippen LogP contribution in [0.15, 0.2) is 69.0 Å². The number of rotatable bonds is 6. The molecule has 0 amide bonds. The van der Waals surface area contributed by atoms with Crippen LogP contribution in [0.25, 0.3) is 10.9 Å². The zero-order valence-corrected chi connectivity index (χ0v) is 24.8. The molecule has 0 aliphatic carbocycles. The summed E-state index contributed by atoms with van der Waals surface area (Å²) in [6.45, 7) is 6.59. The van der Waals surface area contributed by atoms with Gasteiger partial charge in [-0.3, -0.25) is 4.79 Å². The molecule has 0 spiro atoms. The first-order chi connectivity index (χ1) is 16.2. The van der Waals surface area contributed by atoms with Crippen LogP contribution < -0.4 is 10.3 Å². The number of aryl methyl sites for hydroxylation is 1. The Morgan fingerprint density at radius 3 is 2.53 bits per heavy atom. The minimum Gasteiger partial charge on any atom is -0.487 e. The van der Waals surface area contributed by atoms with Crippen LogP contribution in [0.3, 0.4) is 0 Å². The summed E-state index contributed by atoms with van der Waals surface area (Å²) < 4.78 is 10.3. The first-order valence-corrected chi connectivity index (χ1v) is 13.6. The second kappa shape index (κ2) is 10.9. The smallest absolute Gasteiger partial charge is 0.282 e. The Morgan fingerprint density at radius 2 is 1.85 bits per heavy atom. The van der Waals surface area contributed by atoms with Crippen molar-refractivity contribution in [2.75, 3.05) is 0 Å². The first kappa shape index (κ1) is 25.3. The monoisotopic (exact) mass is 741 g/mol. The van der Waals surface area contributed by atoms with Gasteiger partial charge in [0.1, 0.15) is 18.2 Å². The number of fused-ring (bicyclic) bond motifs is 1. The zero-order valence-electron chi connectivity index (χ0n) is 18.8. The molecule has 5 nitrogen and oxygen atoms in total. The maximum Gasteiger partial charge on any atom is 0.282 e. The Bertz CT molecular complexity index is 1440. The van der Waals surface area contributed by atoms with E-state index in [4.69, 9.17) is 9.72 Å². The van der Waals surface area contributed by atoms with Crippen molar-refractivity contribution in [2.24, 2.45) is 5.10 Å². The average Bonchev–Trinajstić information content (AvgIpc) is 2.78. The Labute approximate surface area is 234 Å². The van der Waals surface area contributed by atoms with Crippen LogP contribution in [0.4, 0.5) is 0 Å². The van der Waals surface area contributed by atoms with Crippen molar-refractivity contribution >= 4 is 78.2 Å². The second-order valence-corrected chi connectivity index (χ2v) is 11.5.